The molecule has 25 heavy (non-hydrogen) atoms. The Kier molecular flexibility index (Phi) is 6.18. The molecule has 8 nitrogen and oxygen atoms in total. The first-order chi connectivity index (χ1) is 11.9. The highest BCUT2D eigenvalue weighted by Crippen LogP contribution is 2.21. The summed E-state index contributed by atoms with van der Waals surface area (Å²) in [7, 11) is 2.71. The Balaban J connectivity index is 2.01. The number of thioether (sulfide) groups is 1. The number of H-pyrrole nitrogens is 1. The summed E-state index contributed by atoms with van der Waals surface area (Å²) in [5.41, 5.74) is 0.568. The number of aromatic nitrogens is 2. The number of hydrogen-bond donors (Lipinski definition) is 2. The van der Waals surface area contributed by atoms with Crippen molar-refractivity contribution < 1.29 is 19.1 Å². The molecule has 0 unspecified atom stereocenters. The Morgan fingerprint density at radius 1 is 1.24 bits per heavy atom. The van der Waals surface area contributed by atoms with E-state index in [9.17, 15) is 14.4 Å². The average Bonchev–Trinajstić information content (AvgIpc) is 2.61. The predicted octanol–water partition coefficient (Wildman–Crippen LogP) is 1.68. The summed E-state index contributed by atoms with van der Waals surface area (Å²) in [6.07, 6.45) is 0. The van der Waals surface area contributed by atoms with Crippen molar-refractivity contribution >= 4 is 29.3 Å². The molecule has 0 radical (unpaired) electrons. The van der Waals surface area contributed by atoms with Crippen LogP contribution in [0.2, 0.25) is 0 Å². The van der Waals surface area contributed by atoms with Gasteiger partial charge in [-0.2, -0.15) is 4.98 Å². The molecule has 9 heteroatoms. The fourth-order valence-electron chi connectivity index (χ4n) is 1.85. The Morgan fingerprint density at radius 2 is 1.92 bits per heavy atom. The van der Waals surface area contributed by atoms with Crippen molar-refractivity contribution in [3.05, 3.63) is 46.2 Å². The molecular formula is C16H17N3O5S. The van der Waals surface area contributed by atoms with Gasteiger partial charge in [-0.05, 0) is 31.2 Å². The van der Waals surface area contributed by atoms with Crippen molar-refractivity contribution in [2.75, 3.05) is 19.5 Å². The van der Waals surface area contributed by atoms with Crippen LogP contribution >= 0.6 is 11.8 Å². The van der Waals surface area contributed by atoms with Crippen molar-refractivity contribution in [1.29, 1.82) is 0 Å². The van der Waals surface area contributed by atoms with E-state index in [4.69, 9.17) is 4.74 Å². The topological polar surface area (TPSA) is 110 Å². The van der Waals surface area contributed by atoms with E-state index in [2.05, 4.69) is 20.0 Å². The lowest BCUT2D eigenvalue weighted by atomic mass is 10.2. The van der Waals surface area contributed by atoms with Crippen LogP contribution < -0.4 is 15.6 Å². The quantitative estimate of drug-likeness (QED) is 0.456. The van der Waals surface area contributed by atoms with Gasteiger partial charge >= 0.3 is 5.97 Å². The maximum Gasteiger partial charge on any atom is 0.337 e. The lowest BCUT2D eigenvalue weighted by Crippen LogP contribution is -2.23. The molecule has 0 fully saturated rings. The van der Waals surface area contributed by atoms with E-state index in [0.29, 0.717) is 11.3 Å². The van der Waals surface area contributed by atoms with Gasteiger partial charge in [-0.15, -0.1) is 0 Å². The molecule has 0 bridgehead atoms. The Morgan fingerprint density at radius 3 is 2.52 bits per heavy atom. The Hall–Kier alpha value is -2.81. The number of nitrogens with zero attached hydrogens (tertiary/aromatic N) is 1. The first kappa shape index (κ1) is 18.5. The molecule has 0 saturated heterocycles. The van der Waals surface area contributed by atoms with Gasteiger partial charge in [-0.1, -0.05) is 11.8 Å². The van der Waals surface area contributed by atoms with Gasteiger partial charge in [0.25, 0.3) is 5.56 Å². The normalized spacial score (nSPS) is 11.5. The number of carbonyl (C=O) groups excluding carboxylic acids is 2. The number of esters is 1. The number of amides is 1. The number of nitrogens with one attached hydrogen (secondary N) is 2. The Bertz CT molecular complexity index is 819. The number of benzene rings is 1. The zero-order valence-electron chi connectivity index (χ0n) is 13.9. The van der Waals surface area contributed by atoms with Crippen LogP contribution in [0, 0.1) is 0 Å². The minimum absolute atomic E-state index is 0.178. The van der Waals surface area contributed by atoms with E-state index >= 15 is 0 Å². The molecule has 1 heterocycles. The van der Waals surface area contributed by atoms with Crippen LogP contribution in [0.4, 0.5) is 5.69 Å². The third-order valence-corrected chi connectivity index (χ3v) is 4.12. The fourth-order valence-corrected chi connectivity index (χ4v) is 2.65. The largest absolute Gasteiger partial charge is 0.481 e. The summed E-state index contributed by atoms with van der Waals surface area (Å²) in [6.45, 7) is 1.68. The van der Waals surface area contributed by atoms with Gasteiger partial charge in [0.2, 0.25) is 11.8 Å². The van der Waals surface area contributed by atoms with Crippen molar-refractivity contribution in [1.82, 2.24) is 9.97 Å². The molecular weight excluding hydrogens is 346 g/mol. The maximum absolute atomic E-state index is 12.3. The molecule has 0 saturated carbocycles. The maximum atomic E-state index is 12.3. The van der Waals surface area contributed by atoms with Crippen molar-refractivity contribution in [3.8, 4) is 5.88 Å². The molecule has 0 aliphatic rings. The molecule has 0 aliphatic carbocycles. The third-order valence-electron chi connectivity index (χ3n) is 3.14. The van der Waals surface area contributed by atoms with Crippen LogP contribution in [0.15, 0.2) is 40.3 Å². The van der Waals surface area contributed by atoms with Crippen molar-refractivity contribution in [2.45, 2.75) is 17.3 Å². The molecule has 132 valence electrons. The Labute approximate surface area is 148 Å². The number of carbonyl (C=O) groups is 2. The zero-order valence-corrected chi connectivity index (χ0v) is 14.7. The smallest absolute Gasteiger partial charge is 0.337 e. The second kappa shape index (κ2) is 8.34. The molecule has 2 N–H and O–H groups in total. The first-order valence-electron chi connectivity index (χ1n) is 7.24. The highest BCUT2D eigenvalue weighted by atomic mass is 32.2. The molecule has 1 aromatic heterocycles. The summed E-state index contributed by atoms with van der Waals surface area (Å²) in [5, 5.41) is 2.49. The summed E-state index contributed by atoms with van der Waals surface area (Å²) in [4.78, 5) is 41.8. The monoisotopic (exact) mass is 363 g/mol. The fraction of sp³-hybridized carbons (Fsp3) is 0.250. The second-order valence-electron chi connectivity index (χ2n) is 4.91. The van der Waals surface area contributed by atoms with Gasteiger partial charge in [-0.25, -0.2) is 4.79 Å². The number of aromatic amines is 1. The van der Waals surface area contributed by atoms with E-state index < -0.39 is 11.2 Å². The summed E-state index contributed by atoms with van der Waals surface area (Å²) >= 11 is 1.09. The van der Waals surface area contributed by atoms with E-state index in [1.54, 1.807) is 31.2 Å². The molecule has 2 rings (SSSR count). The first-order valence-corrected chi connectivity index (χ1v) is 8.12. The molecule has 0 aliphatic heterocycles. The number of rotatable bonds is 6. The minimum Gasteiger partial charge on any atom is -0.481 e. The number of ether oxygens (including phenoxy) is 2. The molecule has 1 amide bonds. The van der Waals surface area contributed by atoms with Gasteiger partial charge in [-0.3, -0.25) is 9.59 Å². The van der Waals surface area contributed by atoms with E-state index in [1.807, 2.05) is 0 Å². The minimum atomic E-state index is -0.518. The van der Waals surface area contributed by atoms with Gasteiger partial charge < -0.3 is 19.8 Å². The lowest BCUT2D eigenvalue weighted by Gasteiger charge is -2.12. The van der Waals surface area contributed by atoms with Crippen LogP contribution in [0.25, 0.3) is 0 Å². The van der Waals surface area contributed by atoms with Crippen molar-refractivity contribution in [3.63, 3.8) is 0 Å². The predicted molar refractivity (Wildman–Crippen MR) is 93.1 cm³/mol. The van der Waals surface area contributed by atoms with Crippen LogP contribution in [-0.4, -0.2) is 41.3 Å². The SMILES string of the molecule is COC(=O)c1ccc(NC(=O)[C@@H](C)Sc2nc(OC)cc(=O)[nH]2)cc1. The van der Waals surface area contributed by atoms with E-state index in [0.717, 1.165) is 11.8 Å². The second-order valence-corrected chi connectivity index (χ2v) is 6.24. The summed E-state index contributed by atoms with van der Waals surface area (Å²) in [5.74, 6) is -0.548. The van der Waals surface area contributed by atoms with Gasteiger partial charge in [0, 0.05) is 5.69 Å². The number of anilines is 1. The average molecular weight is 363 g/mol. The van der Waals surface area contributed by atoms with E-state index in [1.165, 1.54) is 20.3 Å². The van der Waals surface area contributed by atoms with Crippen LogP contribution in [0.5, 0.6) is 5.88 Å². The number of hydrogen-bond acceptors (Lipinski definition) is 7. The molecule has 1 aromatic carbocycles. The molecule has 2 aromatic rings. The van der Waals surface area contributed by atoms with Gasteiger partial charge in [0.15, 0.2) is 5.16 Å². The van der Waals surface area contributed by atoms with E-state index in [-0.39, 0.29) is 22.5 Å². The lowest BCUT2D eigenvalue weighted by molar-refractivity contribution is -0.115. The van der Waals surface area contributed by atoms with Gasteiger partial charge in [0.1, 0.15) is 0 Å². The van der Waals surface area contributed by atoms with Crippen LogP contribution in [-0.2, 0) is 9.53 Å². The van der Waals surface area contributed by atoms with Gasteiger partial charge in [0.05, 0.1) is 31.1 Å². The van der Waals surface area contributed by atoms with Crippen LogP contribution in [0.1, 0.15) is 17.3 Å². The zero-order chi connectivity index (χ0) is 18.4. The molecule has 1 atom stereocenters. The highest BCUT2D eigenvalue weighted by molar-refractivity contribution is 8.00. The summed E-state index contributed by atoms with van der Waals surface area (Å²) in [6, 6.07) is 7.54. The van der Waals surface area contributed by atoms with Crippen molar-refractivity contribution in [2.24, 2.45) is 0 Å². The highest BCUT2D eigenvalue weighted by Gasteiger charge is 2.17. The number of methoxy groups -OCH3 is 2. The van der Waals surface area contributed by atoms with Crippen LogP contribution in [0.3, 0.4) is 0 Å². The molecule has 0 spiro atoms. The standard InChI is InChI=1S/C16H17N3O5S/c1-9(25-16-18-12(20)8-13(19-16)23-2)14(21)17-11-6-4-10(5-7-11)15(22)24-3/h4-9H,1-3H3,(H,17,21)(H,18,19,20)/t9-/m1/s1. The third kappa shape index (κ3) is 5.08. The summed E-state index contributed by atoms with van der Waals surface area (Å²) < 4.78 is 9.54.